The van der Waals surface area contributed by atoms with Crippen LogP contribution in [0.3, 0.4) is 0 Å². The molecule has 2 aromatic heterocycles. The fourth-order valence-electron chi connectivity index (χ4n) is 2.98. The number of fused-ring (bicyclic) bond motifs is 1. The molecule has 29 heavy (non-hydrogen) atoms. The van der Waals surface area contributed by atoms with Gasteiger partial charge in [0.25, 0.3) is 5.91 Å². The molecule has 1 amide bonds. The molecule has 0 unspecified atom stereocenters. The van der Waals surface area contributed by atoms with Gasteiger partial charge in [-0.15, -0.1) is 11.3 Å². The van der Waals surface area contributed by atoms with Gasteiger partial charge in [-0.3, -0.25) is 4.79 Å². The number of rotatable bonds is 6. The Hall–Kier alpha value is -3.32. The molecular weight excluding hydrogens is 387 g/mol. The molecule has 0 radical (unpaired) electrons. The van der Waals surface area contributed by atoms with Crippen LogP contribution in [0.1, 0.15) is 21.5 Å². The highest BCUT2D eigenvalue weighted by molar-refractivity contribution is 7.18. The molecule has 0 spiro atoms. The number of halogens is 1. The zero-order valence-corrected chi connectivity index (χ0v) is 16.6. The van der Waals surface area contributed by atoms with Gasteiger partial charge in [-0.05, 0) is 66.2 Å². The summed E-state index contributed by atoms with van der Waals surface area (Å²) < 4.78 is 14.0. The second-order valence-corrected chi connectivity index (χ2v) is 7.53. The van der Waals surface area contributed by atoms with Crippen LogP contribution < -0.4 is 10.6 Å². The van der Waals surface area contributed by atoms with Crippen molar-refractivity contribution in [1.82, 2.24) is 9.97 Å². The second-order valence-electron chi connectivity index (χ2n) is 6.65. The number of aryl methyl sites for hydroxylation is 1. The summed E-state index contributed by atoms with van der Waals surface area (Å²) in [6.07, 6.45) is 2.41. The van der Waals surface area contributed by atoms with Crippen molar-refractivity contribution >= 4 is 39.0 Å². The molecule has 2 heterocycles. The van der Waals surface area contributed by atoms with Crippen molar-refractivity contribution in [3.05, 3.63) is 82.7 Å². The highest BCUT2D eigenvalue weighted by Gasteiger charge is 2.08. The van der Waals surface area contributed by atoms with Crippen molar-refractivity contribution in [2.45, 2.75) is 13.3 Å². The molecule has 0 atom stereocenters. The Balaban J connectivity index is 1.33. The molecule has 0 aliphatic carbocycles. The van der Waals surface area contributed by atoms with E-state index in [4.69, 9.17) is 0 Å². The molecule has 4 aromatic rings. The van der Waals surface area contributed by atoms with Gasteiger partial charge in [-0.1, -0.05) is 12.1 Å². The Labute approximate surface area is 171 Å². The fourth-order valence-corrected chi connectivity index (χ4v) is 3.95. The third-order valence-electron chi connectivity index (χ3n) is 4.56. The summed E-state index contributed by atoms with van der Waals surface area (Å²) in [4.78, 5) is 20.9. The number of carbonyl (C=O) groups excluding carboxylic acids is 1. The third kappa shape index (κ3) is 4.41. The first-order chi connectivity index (χ1) is 14.1. The van der Waals surface area contributed by atoms with E-state index in [9.17, 15) is 9.18 Å². The van der Waals surface area contributed by atoms with Gasteiger partial charge in [0, 0.05) is 17.8 Å². The van der Waals surface area contributed by atoms with Gasteiger partial charge in [0.1, 0.15) is 18.0 Å². The largest absolute Gasteiger partial charge is 0.368 e. The van der Waals surface area contributed by atoms with Crippen LogP contribution in [0.5, 0.6) is 0 Å². The number of nitrogens with zero attached hydrogens (tertiary/aromatic N) is 2. The first kappa shape index (κ1) is 19.0. The van der Waals surface area contributed by atoms with Crippen LogP contribution in [0.4, 0.5) is 15.9 Å². The summed E-state index contributed by atoms with van der Waals surface area (Å²) in [6.45, 7) is 2.79. The standard InChI is InChI=1S/C22H19FN4OS/c1-14-12-29-20-19(14)25-13-26-21(20)24-11-10-15-2-8-18(9-3-15)27-22(28)16-4-6-17(23)7-5-16/h2-9,12-13H,10-11H2,1H3,(H,27,28)(H,24,25,26). The molecule has 4 rings (SSSR count). The summed E-state index contributed by atoms with van der Waals surface area (Å²) >= 11 is 1.64. The summed E-state index contributed by atoms with van der Waals surface area (Å²) in [5.74, 6) is 0.228. The van der Waals surface area contributed by atoms with E-state index < -0.39 is 0 Å². The first-order valence-corrected chi connectivity index (χ1v) is 10.1. The SMILES string of the molecule is Cc1csc2c(NCCc3ccc(NC(=O)c4ccc(F)cc4)cc3)ncnc12. The molecule has 0 bridgehead atoms. The highest BCUT2D eigenvalue weighted by atomic mass is 32.1. The maximum atomic E-state index is 13.0. The average Bonchev–Trinajstić information content (AvgIpc) is 3.12. The van der Waals surface area contributed by atoms with Gasteiger partial charge in [0.15, 0.2) is 0 Å². The Bertz CT molecular complexity index is 1140. The zero-order valence-electron chi connectivity index (χ0n) is 15.8. The van der Waals surface area contributed by atoms with E-state index in [0.717, 1.165) is 40.1 Å². The number of carbonyl (C=O) groups is 1. The molecule has 0 aliphatic heterocycles. The van der Waals surface area contributed by atoms with Gasteiger partial charge in [-0.2, -0.15) is 0 Å². The van der Waals surface area contributed by atoms with Crippen LogP contribution in [0.15, 0.2) is 60.2 Å². The lowest BCUT2D eigenvalue weighted by Crippen LogP contribution is -2.12. The summed E-state index contributed by atoms with van der Waals surface area (Å²) in [6, 6.07) is 13.2. The molecule has 2 N–H and O–H groups in total. The maximum absolute atomic E-state index is 13.0. The number of amides is 1. The minimum absolute atomic E-state index is 0.265. The van der Waals surface area contributed by atoms with Crippen molar-refractivity contribution in [1.29, 1.82) is 0 Å². The van der Waals surface area contributed by atoms with E-state index in [1.165, 1.54) is 24.3 Å². The topological polar surface area (TPSA) is 66.9 Å². The van der Waals surface area contributed by atoms with Gasteiger partial charge < -0.3 is 10.6 Å². The van der Waals surface area contributed by atoms with Crippen LogP contribution in [-0.2, 0) is 6.42 Å². The fraction of sp³-hybridized carbons (Fsp3) is 0.136. The van der Waals surface area contributed by atoms with Crippen LogP contribution in [0.25, 0.3) is 10.2 Å². The predicted octanol–water partition coefficient (Wildman–Crippen LogP) is 5.05. The van der Waals surface area contributed by atoms with E-state index in [1.807, 2.05) is 31.2 Å². The van der Waals surface area contributed by atoms with E-state index in [-0.39, 0.29) is 11.7 Å². The molecule has 0 aliphatic rings. The van der Waals surface area contributed by atoms with Crippen molar-refractivity contribution in [3.8, 4) is 0 Å². The lowest BCUT2D eigenvalue weighted by Gasteiger charge is -2.08. The number of hydrogen-bond donors (Lipinski definition) is 2. The van der Waals surface area contributed by atoms with Crippen molar-refractivity contribution in [2.24, 2.45) is 0 Å². The van der Waals surface area contributed by atoms with Gasteiger partial charge in [0.05, 0.1) is 10.2 Å². The number of anilines is 2. The quantitative estimate of drug-likeness (QED) is 0.470. The summed E-state index contributed by atoms with van der Waals surface area (Å²) in [5.41, 5.74) is 4.41. The highest BCUT2D eigenvalue weighted by Crippen LogP contribution is 2.28. The number of nitrogens with one attached hydrogen (secondary N) is 2. The summed E-state index contributed by atoms with van der Waals surface area (Å²) in [5, 5.41) is 8.28. The number of aromatic nitrogens is 2. The van der Waals surface area contributed by atoms with Crippen LogP contribution in [0.2, 0.25) is 0 Å². The molecule has 0 fully saturated rings. The molecule has 2 aromatic carbocycles. The van der Waals surface area contributed by atoms with Crippen LogP contribution in [0, 0.1) is 12.7 Å². The summed E-state index contributed by atoms with van der Waals surface area (Å²) in [7, 11) is 0. The second kappa shape index (κ2) is 8.36. The van der Waals surface area contributed by atoms with Crippen molar-refractivity contribution < 1.29 is 9.18 Å². The Morgan fingerprint density at radius 2 is 1.83 bits per heavy atom. The van der Waals surface area contributed by atoms with Crippen molar-refractivity contribution in [2.75, 3.05) is 17.2 Å². The Kier molecular flexibility index (Phi) is 5.48. The maximum Gasteiger partial charge on any atom is 0.255 e. The zero-order chi connectivity index (χ0) is 20.2. The molecule has 0 saturated heterocycles. The number of hydrogen-bond acceptors (Lipinski definition) is 5. The lowest BCUT2D eigenvalue weighted by atomic mass is 10.1. The molecule has 0 saturated carbocycles. The number of benzene rings is 2. The van der Waals surface area contributed by atoms with Gasteiger partial charge in [0.2, 0.25) is 0 Å². The van der Waals surface area contributed by atoms with Crippen LogP contribution in [-0.4, -0.2) is 22.4 Å². The van der Waals surface area contributed by atoms with Gasteiger partial charge >= 0.3 is 0 Å². The number of thiophene rings is 1. The smallest absolute Gasteiger partial charge is 0.255 e. The van der Waals surface area contributed by atoms with E-state index in [0.29, 0.717) is 11.3 Å². The molecule has 146 valence electrons. The molecule has 5 nitrogen and oxygen atoms in total. The monoisotopic (exact) mass is 406 g/mol. The van der Waals surface area contributed by atoms with Crippen LogP contribution >= 0.6 is 11.3 Å². The lowest BCUT2D eigenvalue weighted by molar-refractivity contribution is 0.102. The minimum atomic E-state index is -0.364. The van der Waals surface area contributed by atoms with E-state index >= 15 is 0 Å². The predicted molar refractivity (Wildman–Crippen MR) is 115 cm³/mol. The molecular formula is C22H19FN4OS. The Morgan fingerprint density at radius 1 is 1.07 bits per heavy atom. The Morgan fingerprint density at radius 3 is 2.59 bits per heavy atom. The first-order valence-electron chi connectivity index (χ1n) is 9.19. The molecule has 7 heteroatoms. The van der Waals surface area contributed by atoms with Gasteiger partial charge in [-0.25, -0.2) is 14.4 Å². The van der Waals surface area contributed by atoms with E-state index in [1.54, 1.807) is 17.7 Å². The average molecular weight is 406 g/mol. The minimum Gasteiger partial charge on any atom is -0.368 e. The van der Waals surface area contributed by atoms with E-state index in [2.05, 4.69) is 26.0 Å². The normalized spacial score (nSPS) is 10.8. The third-order valence-corrected chi connectivity index (χ3v) is 5.65. The van der Waals surface area contributed by atoms with Crippen molar-refractivity contribution in [3.63, 3.8) is 0 Å².